The van der Waals surface area contributed by atoms with E-state index < -0.39 is 0 Å². The lowest BCUT2D eigenvalue weighted by Gasteiger charge is -2.11. The maximum absolute atomic E-state index is 5.90. The van der Waals surface area contributed by atoms with E-state index in [1.165, 1.54) is 10.6 Å². The van der Waals surface area contributed by atoms with Gasteiger partial charge in [0.2, 0.25) is 0 Å². The maximum Gasteiger partial charge on any atom is 0.0937 e. The highest BCUT2D eigenvalue weighted by Crippen LogP contribution is 2.24. The van der Waals surface area contributed by atoms with Crippen LogP contribution in [-0.4, -0.2) is 11.5 Å². The van der Waals surface area contributed by atoms with Crippen molar-refractivity contribution >= 4 is 34.3 Å². The van der Waals surface area contributed by atoms with Crippen molar-refractivity contribution in [3.63, 3.8) is 0 Å². The smallest absolute Gasteiger partial charge is 0.0937 e. The Kier molecular flexibility index (Phi) is 4.35. The Morgan fingerprint density at radius 3 is 3.00 bits per heavy atom. The second-order valence-corrected chi connectivity index (χ2v) is 6.06. The molecule has 1 N–H and O–H groups in total. The summed E-state index contributed by atoms with van der Waals surface area (Å²) < 4.78 is 0.851. The van der Waals surface area contributed by atoms with Crippen LogP contribution in [0.5, 0.6) is 0 Å². The van der Waals surface area contributed by atoms with Crippen LogP contribution in [-0.2, 0) is 6.42 Å². The zero-order valence-corrected chi connectivity index (χ0v) is 11.3. The minimum absolute atomic E-state index is 0.351. The van der Waals surface area contributed by atoms with Gasteiger partial charge in [-0.3, -0.25) is 0 Å². The molecule has 0 radical (unpaired) electrons. The van der Waals surface area contributed by atoms with Crippen LogP contribution in [0.1, 0.15) is 23.5 Å². The topological polar surface area (TPSA) is 24.9 Å². The van der Waals surface area contributed by atoms with E-state index >= 15 is 0 Å². The van der Waals surface area contributed by atoms with Crippen molar-refractivity contribution < 1.29 is 0 Å². The average Bonchev–Trinajstić information content (AvgIpc) is 2.89. The van der Waals surface area contributed by atoms with Crippen molar-refractivity contribution in [2.24, 2.45) is 0 Å². The van der Waals surface area contributed by atoms with Crippen LogP contribution in [0.25, 0.3) is 0 Å². The highest BCUT2D eigenvalue weighted by molar-refractivity contribution is 7.14. The monoisotopic (exact) mass is 272 g/mol. The second-order valence-electron chi connectivity index (χ2n) is 3.54. The van der Waals surface area contributed by atoms with E-state index in [-0.39, 0.29) is 0 Å². The lowest BCUT2D eigenvalue weighted by molar-refractivity contribution is 0.578. The molecule has 2 aromatic heterocycles. The summed E-state index contributed by atoms with van der Waals surface area (Å²) in [5.74, 6) is 0. The fourth-order valence-electron chi connectivity index (χ4n) is 1.44. The van der Waals surface area contributed by atoms with Gasteiger partial charge < -0.3 is 5.32 Å². The number of hydrogen-bond donors (Lipinski definition) is 1. The van der Waals surface area contributed by atoms with E-state index in [0.717, 1.165) is 17.3 Å². The molecule has 16 heavy (non-hydrogen) atoms. The Hall–Kier alpha value is -0.420. The van der Waals surface area contributed by atoms with Gasteiger partial charge >= 0.3 is 0 Å². The first kappa shape index (κ1) is 12.0. The zero-order chi connectivity index (χ0) is 11.4. The predicted molar refractivity (Wildman–Crippen MR) is 71.6 cm³/mol. The van der Waals surface area contributed by atoms with Gasteiger partial charge in [0.1, 0.15) is 0 Å². The summed E-state index contributed by atoms with van der Waals surface area (Å²) in [5.41, 5.74) is 1.26. The second kappa shape index (κ2) is 5.77. The summed E-state index contributed by atoms with van der Waals surface area (Å²) >= 11 is 9.19. The number of nitrogens with zero attached hydrogens (tertiary/aromatic N) is 1. The zero-order valence-electron chi connectivity index (χ0n) is 8.94. The standard InChI is InChI=1S/C11H13ClN2S2/c1-8(9-6-10(12)16-7-9)13-3-2-11-14-4-5-15-11/h4-8,13H,2-3H2,1H3. The van der Waals surface area contributed by atoms with Crippen LogP contribution in [0, 0.1) is 0 Å². The fourth-order valence-corrected chi connectivity index (χ4v) is 3.05. The largest absolute Gasteiger partial charge is 0.310 e. The lowest BCUT2D eigenvalue weighted by Crippen LogP contribution is -2.20. The third-order valence-corrected chi connectivity index (χ3v) is 4.31. The van der Waals surface area contributed by atoms with E-state index in [2.05, 4.69) is 22.6 Å². The van der Waals surface area contributed by atoms with Crippen molar-refractivity contribution in [2.45, 2.75) is 19.4 Å². The highest BCUT2D eigenvalue weighted by Gasteiger charge is 2.06. The number of nitrogens with one attached hydrogen (secondary N) is 1. The fraction of sp³-hybridized carbons (Fsp3) is 0.364. The number of thiophene rings is 1. The predicted octanol–water partition coefficient (Wildman–Crippen LogP) is 3.75. The van der Waals surface area contributed by atoms with Crippen LogP contribution in [0.4, 0.5) is 0 Å². The first-order valence-corrected chi connectivity index (χ1v) is 7.25. The molecule has 0 aliphatic carbocycles. The summed E-state index contributed by atoms with van der Waals surface area (Å²) in [6.07, 6.45) is 2.84. The molecule has 1 unspecified atom stereocenters. The van der Waals surface area contributed by atoms with Gasteiger partial charge in [0.25, 0.3) is 0 Å². The summed E-state index contributed by atoms with van der Waals surface area (Å²) in [4.78, 5) is 4.25. The minimum Gasteiger partial charge on any atom is -0.310 e. The number of halogens is 1. The molecule has 0 aromatic carbocycles. The van der Waals surface area contributed by atoms with Crippen LogP contribution >= 0.6 is 34.3 Å². The summed E-state index contributed by atoms with van der Waals surface area (Å²) in [5, 5.41) is 8.76. The Morgan fingerprint density at radius 1 is 1.50 bits per heavy atom. The molecule has 0 amide bonds. The SMILES string of the molecule is CC(NCCc1nccs1)c1csc(Cl)c1. The number of aromatic nitrogens is 1. The van der Waals surface area contributed by atoms with Gasteiger partial charge in [-0.05, 0) is 23.9 Å². The van der Waals surface area contributed by atoms with Crippen molar-refractivity contribution in [1.29, 1.82) is 0 Å². The Bertz CT molecular complexity index is 425. The molecule has 0 bridgehead atoms. The molecule has 86 valence electrons. The third kappa shape index (κ3) is 3.28. The first-order valence-electron chi connectivity index (χ1n) is 5.11. The van der Waals surface area contributed by atoms with E-state index in [1.54, 1.807) is 22.7 Å². The van der Waals surface area contributed by atoms with Gasteiger partial charge in [-0.2, -0.15) is 0 Å². The molecule has 1 atom stereocenters. The molecule has 0 saturated heterocycles. The number of rotatable bonds is 5. The molecule has 0 aliphatic rings. The molecule has 0 aliphatic heterocycles. The van der Waals surface area contributed by atoms with E-state index in [1.807, 2.05) is 17.6 Å². The molecule has 2 heterocycles. The van der Waals surface area contributed by atoms with Gasteiger partial charge in [0.15, 0.2) is 0 Å². The Balaban J connectivity index is 1.78. The van der Waals surface area contributed by atoms with Gasteiger partial charge in [0, 0.05) is 30.6 Å². The minimum atomic E-state index is 0.351. The molecular formula is C11H13ClN2S2. The summed E-state index contributed by atoms with van der Waals surface area (Å²) in [7, 11) is 0. The Morgan fingerprint density at radius 2 is 2.38 bits per heavy atom. The maximum atomic E-state index is 5.90. The van der Waals surface area contributed by atoms with Gasteiger partial charge in [-0.15, -0.1) is 22.7 Å². The highest BCUT2D eigenvalue weighted by atomic mass is 35.5. The molecule has 2 nitrogen and oxygen atoms in total. The van der Waals surface area contributed by atoms with Crippen LogP contribution in [0.3, 0.4) is 0 Å². The van der Waals surface area contributed by atoms with Crippen molar-refractivity contribution in [3.05, 3.63) is 37.9 Å². The molecule has 0 fully saturated rings. The number of thiazole rings is 1. The van der Waals surface area contributed by atoms with Crippen LogP contribution < -0.4 is 5.32 Å². The quantitative estimate of drug-likeness (QED) is 0.897. The van der Waals surface area contributed by atoms with Crippen molar-refractivity contribution in [1.82, 2.24) is 10.3 Å². The number of hydrogen-bond acceptors (Lipinski definition) is 4. The van der Waals surface area contributed by atoms with Gasteiger partial charge in [0.05, 0.1) is 9.34 Å². The first-order chi connectivity index (χ1) is 7.75. The van der Waals surface area contributed by atoms with Crippen molar-refractivity contribution in [2.75, 3.05) is 6.54 Å². The molecule has 0 saturated carbocycles. The molecule has 2 rings (SSSR count). The third-order valence-electron chi connectivity index (χ3n) is 2.36. The van der Waals surface area contributed by atoms with E-state index in [4.69, 9.17) is 11.6 Å². The van der Waals surface area contributed by atoms with E-state index in [9.17, 15) is 0 Å². The van der Waals surface area contributed by atoms with Crippen LogP contribution in [0.2, 0.25) is 4.34 Å². The molecule has 5 heteroatoms. The summed E-state index contributed by atoms with van der Waals surface area (Å²) in [6, 6.07) is 2.37. The lowest BCUT2D eigenvalue weighted by atomic mass is 10.2. The summed E-state index contributed by atoms with van der Waals surface area (Å²) in [6.45, 7) is 3.10. The van der Waals surface area contributed by atoms with Gasteiger partial charge in [-0.25, -0.2) is 4.98 Å². The average molecular weight is 273 g/mol. The molecule has 2 aromatic rings. The molecule has 0 spiro atoms. The van der Waals surface area contributed by atoms with E-state index in [0.29, 0.717) is 6.04 Å². The van der Waals surface area contributed by atoms with Gasteiger partial charge in [-0.1, -0.05) is 11.6 Å². The molecular weight excluding hydrogens is 260 g/mol. The Labute approximate surface area is 108 Å². The van der Waals surface area contributed by atoms with Crippen LogP contribution in [0.15, 0.2) is 23.0 Å². The normalized spacial score (nSPS) is 12.9. The van der Waals surface area contributed by atoms with Crippen molar-refractivity contribution in [3.8, 4) is 0 Å².